The summed E-state index contributed by atoms with van der Waals surface area (Å²) in [5.74, 6) is -1.07. The minimum Gasteiger partial charge on any atom is -0.271 e. The predicted molar refractivity (Wildman–Crippen MR) is 95.1 cm³/mol. The molecule has 3 amide bonds. The largest absolute Gasteiger partial charge is 0.277 e. The Kier molecular flexibility index (Phi) is 3.85. The third-order valence-electron chi connectivity index (χ3n) is 4.72. The molecule has 2 aliphatic rings. The predicted octanol–water partition coefficient (Wildman–Crippen LogP) is 2.88. The van der Waals surface area contributed by atoms with Crippen LogP contribution in [0.15, 0.2) is 36.4 Å². The van der Waals surface area contributed by atoms with Crippen molar-refractivity contribution >= 4 is 23.4 Å². The monoisotopic (exact) mass is 350 g/mol. The molecule has 0 unspecified atom stereocenters. The molecule has 2 aromatic rings. The van der Waals surface area contributed by atoms with Crippen LogP contribution in [0.25, 0.3) is 0 Å². The van der Waals surface area contributed by atoms with Crippen LogP contribution in [0.1, 0.15) is 48.6 Å². The number of anilines is 1. The molecule has 26 heavy (non-hydrogen) atoms. The average Bonchev–Trinajstić information content (AvgIpc) is 3.25. The van der Waals surface area contributed by atoms with Crippen molar-refractivity contribution in [3.63, 3.8) is 0 Å². The van der Waals surface area contributed by atoms with Gasteiger partial charge >= 0.3 is 0 Å². The van der Waals surface area contributed by atoms with Gasteiger partial charge in [-0.2, -0.15) is 0 Å². The fraction of sp³-hybridized carbons (Fsp3) is 0.250. The highest BCUT2D eigenvalue weighted by atomic mass is 16.7. The molecule has 2 aliphatic heterocycles. The van der Waals surface area contributed by atoms with E-state index in [1.54, 1.807) is 12.1 Å². The molecule has 0 saturated carbocycles. The van der Waals surface area contributed by atoms with Gasteiger partial charge in [0.2, 0.25) is 0 Å². The zero-order valence-corrected chi connectivity index (χ0v) is 14.6. The Balaban J connectivity index is 1.72. The summed E-state index contributed by atoms with van der Waals surface area (Å²) < 4.78 is 0. The molecule has 1 fully saturated rings. The topological polar surface area (TPSA) is 66.9 Å². The van der Waals surface area contributed by atoms with Gasteiger partial charge in [0.05, 0.1) is 30.0 Å². The third-order valence-corrected chi connectivity index (χ3v) is 4.72. The number of benzene rings is 2. The van der Waals surface area contributed by atoms with Crippen LogP contribution in [-0.4, -0.2) is 35.9 Å². The maximum Gasteiger partial charge on any atom is 0.277 e. The first kappa shape index (κ1) is 16.5. The number of aryl methyl sites for hydroxylation is 2. The molecule has 0 N–H and O–H groups in total. The lowest BCUT2D eigenvalue weighted by molar-refractivity contribution is -0.0768. The molecule has 6 heteroatoms. The minimum atomic E-state index is -0.407. The van der Waals surface area contributed by atoms with Crippen LogP contribution in [0.3, 0.4) is 0 Å². The lowest BCUT2D eigenvalue weighted by Crippen LogP contribution is -2.30. The summed E-state index contributed by atoms with van der Waals surface area (Å²) in [6, 6.07) is 10.2. The van der Waals surface area contributed by atoms with Crippen LogP contribution in [-0.2, 0) is 4.84 Å². The molecule has 1 saturated heterocycles. The van der Waals surface area contributed by atoms with Crippen molar-refractivity contribution in [2.45, 2.75) is 20.3 Å². The van der Waals surface area contributed by atoms with E-state index in [0.29, 0.717) is 30.0 Å². The number of carbonyl (C=O) groups excluding carboxylic acids is 3. The molecule has 2 aromatic carbocycles. The summed E-state index contributed by atoms with van der Waals surface area (Å²) >= 11 is 0. The number of imide groups is 1. The van der Waals surface area contributed by atoms with Crippen molar-refractivity contribution in [3.05, 3.63) is 64.2 Å². The van der Waals surface area contributed by atoms with Crippen molar-refractivity contribution in [3.8, 4) is 0 Å². The maximum atomic E-state index is 12.9. The summed E-state index contributed by atoms with van der Waals surface area (Å²) in [7, 11) is 0. The van der Waals surface area contributed by atoms with Crippen molar-refractivity contribution in [1.82, 2.24) is 5.06 Å². The SMILES string of the molecule is Cc1ccc(C)c(N2C(=O)c3ccc(C(=O)N4CCCO4)cc3C2=O)c1. The van der Waals surface area contributed by atoms with E-state index in [2.05, 4.69) is 0 Å². The molecule has 0 aliphatic carbocycles. The van der Waals surface area contributed by atoms with E-state index in [-0.39, 0.29) is 17.4 Å². The van der Waals surface area contributed by atoms with Gasteiger partial charge in [-0.05, 0) is 55.7 Å². The first-order valence-corrected chi connectivity index (χ1v) is 8.52. The number of fused-ring (bicyclic) bond motifs is 1. The molecule has 0 radical (unpaired) electrons. The van der Waals surface area contributed by atoms with E-state index in [1.807, 2.05) is 32.0 Å². The van der Waals surface area contributed by atoms with E-state index in [4.69, 9.17) is 4.84 Å². The van der Waals surface area contributed by atoms with Crippen LogP contribution in [0.2, 0.25) is 0 Å². The summed E-state index contributed by atoms with van der Waals surface area (Å²) in [6.07, 6.45) is 0.786. The van der Waals surface area contributed by atoms with Gasteiger partial charge in [0.1, 0.15) is 0 Å². The van der Waals surface area contributed by atoms with Crippen LogP contribution in [0.4, 0.5) is 5.69 Å². The van der Waals surface area contributed by atoms with E-state index in [9.17, 15) is 14.4 Å². The highest BCUT2D eigenvalue weighted by Crippen LogP contribution is 2.32. The number of carbonyl (C=O) groups is 3. The molecular formula is C20H18N2O4. The van der Waals surface area contributed by atoms with E-state index < -0.39 is 5.91 Å². The average molecular weight is 350 g/mol. The zero-order valence-electron chi connectivity index (χ0n) is 14.6. The van der Waals surface area contributed by atoms with Gasteiger partial charge in [0, 0.05) is 5.56 Å². The first-order valence-electron chi connectivity index (χ1n) is 8.52. The van der Waals surface area contributed by atoms with Crippen LogP contribution in [0, 0.1) is 13.8 Å². The molecule has 4 rings (SSSR count). The van der Waals surface area contributed by atoms with Crippen LogP contribution < -0.4 is 4.90 Å². The zero-order chi connectivity index (χ0) is 18.4. The second-order valence-corrected chi connectivity index (χ2v) is 6.59. The molecule has 0 bridgehead atoms. The Morgan fingerprint density at radius 2 is 1.77 bits per heavy atom. The Labute approximate surface area is 150 Å². The number of amides is 3. The summed E-state index contributed by atoms with van der Waals surface area (Å²) in [6.45, 7) is 4.80. The van der Waals surface area contributed by atoms with Crippen LogP contribution >= 0.6 is 0 Å². The number of rotatable bonds is 2. The molecule has 0 spiro atoms. The Morgan fingerprint density at radius 3 is 2.50 bits per heavy atom. The first-order chi connectivity index (χ1) is 12.5. The lowest BCUT2D eigenvalue weighted by Gasteiger charge is -2.17. The highest BCUT2D eigenvalue weighted by Gasteiger charge is 2.38. The standard InChI is InChI=1S/C20H18N2O4/c1-12-4-5-13(2)17(10-12)22-19(24)15-7-6-14(11-16(15)20(22)25)18(23)21-8-3-9-26-21/h4-7,10-11H,3,8-9H2,1-2H3. The Hall–Kier alpha value is -2.99. The minimum absolute atomic E-state index is 0.251. The fourth-order valence-corrected chi connectivity index (χ4v) is 3.30. The van der Waals surface area contributed by atoms with Gasteiger partial charge in [-0.1, -0.05) is 12.1 Å². The van der Waals surface area contributed by atoms with Crippen molar-refractivity contribution in [2.75, 3.05) is 18.1 Å². The molecule has 2 heterocycles. The normalized spacial score (nSPS) is 16.4. The van der Waals surface area contributed by atoms with Crippen molar-refractivity contribution < 1.29 is 19.2 Å². The van der Waals surface area contributed by atoms with Gasteiger partial charge in [0.15, 0.2) is 0 Å². The Bertz CT molecular complexity index is 945. The molecule has 6 nitrogen and oxygen atoms in total. The summed E-state index contributed by atoms with van der Waals surface area (Å²) in [5, 5.41) is 1.30. The van der Waals surface area contributed by atoms with Gasteiger partial charge in [-0.15, -0.1) is 0 Å². The second-order valence-electron chi connectivity index (χ2n) is 6.59. The smallest absolute Gasteiger partial charge is 0.271 e. The van der Waals surface area contributed by atoms with E-state index in [1.165, 1.54) is 16.0 Å². The van der Waals surface area contributed by atoms with E-state index in [0.717, 1.165) is 17.5 Å². The molecular weight excluding hydrogens is 332 g/mol. The van der Waals surface area contributed by atoms with Crippen molar-refractivity contribution in [1.29, 1.82) is 0 Å². The molecule has 0 atom stereocenters. The molecule has 132 valence electrons. The van der Waals surface area contributed by atoms with Crippen LogP contribution in [0.5, 0.6) is 0 Å². The maximum absolute atomic E-state index is 12.9. The third kappa shape index (κ3) is 2.50. The quantitative estimate of drug-likeness (QED) is 0.781. The number of nitrogens with zero attached hydrogens (tertiary/aromatic N) is 2. The number of hydrogen-bond donors (Lipinski definition) is 0. The van der Waals surface area contributed by atoms with E-state index >= 15 is 0 Å². The summed E-state index contributed by atoms with van der Waals surface area (Å²) in [4.78, 5) is 44.7. The summed E-state index contributed by atoms with van der Waals surface area (Å²) in [5.41, 5.74) is 3.29. The van der Waals surface area contributed by atoms with Gasteiger partial charge in [-0.3, -0.25) is 19.2 Å². The second kappa shape index (κ2) is 6.07. The van der Waals surface area contributed by atoms with Crippen molar-refractivity contribution in [2.24, 2.45) is 0 Å². The van der Waals surface area contributed by atoms with Gasteiger partial charge < -0.3 is 0 Å². The molecule has 0 aromatic heterocycles. The highest BCUT2D eigenvalue weighted by molar-refractivity contribution is 6.35. The fourth-order valence-electron chi connectivity index (χ4n) is 3.30. The lowest BCUT2D eigenvalue weighted by atomic mass is 10.1. The van der Waals surface area contributed by atoms with Gasteiger partial charge in [-0.25, -0.2) is 9.96 Å². The van der Waals surface area contributed by atoms with Gasteiger partial charge in [0.25, 0.3) is 17.7 Å². The Morgan fingerprint density at radius 1 is 1.00 bits per heavy atom. The number of hydrogen-bond acceptors (Lipinski definition) is 4. The number of hydroxylamine groups is 2.